The Morgan fingerprint density at radius 3 is 2.32 bits per heavy atom. The number of amides is 1. The number of rotatable bonds is 6. The minimum Gasteiger partial charge on any atom is -0.394 e. The highest BCUT2D eigenvalue weighted by atomic mass is 16.5. The van der Waals surface area contributed by atoms with Gasteiger partial charge in [-0.15, -0.1) is 0 Å². The second-order valence-corrected chi connectivity index (χ2v) is 6.51. The van der Waals surface area contributed by atoms with Crippen LogP contribution in [0.2, 0.25) is 0 Å². The van der Waals surface area contributed by atoms with E-state index in [1.165, 1.54) is 25.7 Å². The zero-order chi connectivity index (χ0) is 15.8. The first-order chi connectivity index (χ1) is 10.7. The van der Waals surface area contributed by atoms with Crippen molar-refractivity contribution in [2.24, 2.45) is 0 Å². The number of aliphatic hydroxyl groups excluding tert-OH is 1. The number of carbonyl (C=O) groups is 1. The van der Waals surface area contributed by atoms with Crippen LogP contribution in [0.5, 0.6) is 0 Å². The molecule has 0 bridgehead atoms. The molecule has 1 heterocycles. The van der Waals surface area contributed by atoms with E-state index in [9.17, 15) is 4.79 Å². The van der Waals surface area contributed by atoms with Crippen molar-refractivity contribution in [2.75, 3.05) is 26.3 Å². The van der Waals surface area contributed by atoms with Crippen molar-refractivity contribution in [1.29, 1.82) is 0 Å². The first-order valence-electron chi connectivity index (χ1n) is 8.87. The van der Waals surface area contributed by atoms with Gasteiger partial charge in [0.1, 0.15) is 6.10 Å². The Hall–Kier alpha value is -0.650. The van der Waals surface area contributed by atoms with Gasteiger partial charge in [-0.1, -0.05) is 25.7 Å². The van der Waals surface area contributed by atoms with Crippen LogP contribution in [0.25, 0.3) is 0 Å². The SMILES string of the molecule is CC(OC1CCCCCC1)C(=O)N1CCC(OCCO)CC1. The third-order valence-electron chi connectivity index (χ3n) is 4.75. The van der Waals surface area contributed by atoms with Crippen LogP contribution in [0, 0.1) is 0 Å². The molecule has 0 aromatic heterocycles. The number of carbonyl (C=O) groups excluding carboxylic acids is 1. The monoisotopic (exact) mass is 313 g/mol. The minimum atomic E-state index is -0.335. The largest absolute Gasteiger partial charge is 0.394 e. The molecule has 1 aliphatic carbocycles. The van der Waals surface area contributed by atoms with Gasteiger partial charge in [-0.05, 0) is 32.6 Å². The number of piperidine rings is 1. The van der Waals surface area contributed by atoms with Crippen molar-refractivity contribution < 1.29 is 19.4 Å². The van der Waals surface area contributed by atoms with E-state index in [1.54, 1.807) is 0 Å². The van der Waals surface area contributed by atoms with E-state index in [0.29, 0.717) is 6.61 Å². The predicted molar refractivity (Wildman–Crippen MR) is 84.7 cm³/mol. The van der Waals surface area contributed by atoms with Gasteiger partial charge in [-0.2, -0.15) is 0 Å². The van der Waals surface area contributed by atoms with Crippen molar-refractivity contribution in [2.45, 2.75) is 76.6 Å². The summed E-state index contributed by atoms with van der Waals surface area (Å²) in [6, 6.07) is 0. The van der Waals surface area contributed by atoms with Crippen LogP contribution in [-0.2, 0) is 14.3 Å². The lowest BCUT2D eigenvalue weighted by Crippen LogP contribution is -2.46. The Kier molecular flexibility index (Phi) is 7.63. The molecule has 0 spiro atoms. The van der Waals surface area contributed by atoms with Gasteiger partial charge in [0.2, 0.25) is 0 Å². The Morgan fingerprint density at radius 2 is 1.73 bits per heavy atom. The summed E-state index contributed by atoms with van der Waals surface area (Å²) in [5.74, 6) is 0.116. The quantitative estimate of drug-likeness (QED) is 0.763. The van der Waals surface area contributed by atoms with Gasteiger partial charge in [-0.3, -0.25) is 4.79 Å². The molecule has 1 unspecified atom stereocenters. The van der Waals surface area contributed by atoms with Crippen LogP contribution in [0.15, 0.2) is 0 Å². The van der Waals surface area contributed by atoms with Crippen LogP contribution in [-0.4, -0.2) is 60.5 Å². The Bertz CT molecular complexity index is 321. The highest BCUT2D eigenvalue weighted by Gasteiger charge is 2.28. The smallest absolute Gasteiger partial charge is 0.251 e. The van der Waals surface area contributed by atoms with Crippen molar-refractivity contribution in [3.05, 3.63) is 0 Å². The zero-order valence-electron chi connectivity index (χ0n) is 13.8. The lowest BCUT2D eigenvalue weighted by Gasteiger charge is -2.34. The molecule has 5 nitrogen and oxygen atoms in total. The number of hydrogen-bond acceptors (Lipinski definition) is 4. The molecule has 1 N–H and O–H groups in total. The standard InChI is InChI=1S/C17H31NO4/c1-14(22-16-6-4-2-3-5-7-16)17(20)18-10-8-15(9-11-18)21-13-12-19/h14-16,19H,2-13H2,1H3. The molecule has 2 fully saturated rings. The van der Waals surface area contributed by atoms with Crippen molar-refractivity contribution in [3.63, 3.8) is 0 Å². The Balaban J connectivity index is 1.71. The summed E-state index contributed by atoms with van der Waals surface area (Å²) >= 11 is 0. The van der Waals surface area contributed by atoms with E-state index < -0.39 is 0 Å². The Morgan fingerprint density at radius 1 is 1.09 bits per heavy atom. The number of ether oxygens (including phenoxy) is 2. The minimum absolute atomic E-state index is 0.0609. The molecule has 2 rings (SSSR count). The summed E-state index contributed by atoms with van der Waals surface area (Å²) in [4.78, 5) is 14.4. The van der Waals surface area contributed by atoms with Crippen LogP contribution in [0.4, 0.5) is 0 Å². The second-order valence-electron chi connectivity index (χ2n) is 6.51. The molecular weight excluding hydrogens is 282 g/mol. The number of nitrogens with zero attached hydrogens (tertiary/aromatic N) is 1. The molecule has 0 aromatic rings. The van der Waals surface area contributed by atoms with E-state index in [1.807, 2.05) is 11.8 Å². The van der Waals surface area contributed by atoms with Gasteiger partial charge in [0.25, 0.3) is 5.91 Å². The second kappa shape index (κ2) is 9.48. The van der Waals surface area contributed by atoms with Gasteiger partial charge in [0.15, 0.2) is 0 Å². The molecule has 0 aromatic carbocycles. The molecule has 0 radical (unpaired) electrons. The summed E-state index contributed by atoms with van der Waals surface area (Å²) in [5.41, 5.74) is 0. The van der Waals surface area contributed by atoms with E-state index in [0.717, 1.165) is 38.8 Å². The van der Waals surface area contributed by atoms with Crippen molar-refractivity contribution >= 4 is 5.91 Å². The molecule has 5 heteroatoms. The van der Waals surface area contributed by atoms with Gasteiger partial charge in [0, 0.05) is 13.1 Å². The van der Waals surface area contributed by atoms with E-state index in [2.05, 4.69) is 0 Å². The maximum atomic E-state index is 12.5. The maximum absolute atomic E-state index is 12.5. The van der Waals surface area contributed by atoms with Gasteiger partial charge < -0.3 is 19.5 Å². The normalized spacial score (nSPS) is 23.3. The molecule has 1 amide bonds. The van der Waals surface area contributed by atoms with Crippen LogP contribution < -0.4 is 0 Å². The molecule has 1 saturated carbocycles. The van der Waals surface area contributed by atoms with E-state index in [-0.39, 0.29) is 30.8 Å². The third kappa shape index (κ3) is 5.52. The van der Waals surface area contributed by atoms with E-state index >= 15 is 0 Å². The van der Waals surface area contributed by atoms with Crippen LogP contribution >= 0.6 is 0 Å². The van der Waals surface area contributed by atoms with Gasteiger partial charge in [-0.25, -0.2) is 0 Å². The fourth-order valence-electron chi connectivity index (χ4n) is 3.44. The summed E-state index contributed by atoms with van der Waals surface area (Å²) in [5, 5.41) is 8.78. The predicted octanol–water partition coefficient (Wildman–Crippen LogP) is 2.11. The summed E-state index contributed by atoms with van der Waals surface area (Å²) in [6.07, 6.45) is 9.01. The van der Waals surface area contributed by atoms with Gasteiger partial charge >= 0.3 is 0 Å². The lowest BCUT2D eigenvalue weighted by atomic mass is 10.1. The number of likely N-dealkylation sites (tertiary alicyclic amines) is 1. The lowest BCUT2D eigenvalue weighted by molar-refractivity contribution is -0.149. The summed E-state index contributed by atoms with van der Waals surface area (Å²) < 4.78 is 11.6. The van der Waals surface area contributed by atoms with Crippen molar-refractivity contribution in [1.82, 2.24) is 4.90 Å². The molecular formula is C17H31NO4. The zero-order valence-corrected chi connectivity index (χ0v) is 13.8. The van der Waals surface area contributed by atoms with Crippen LogP contribution in [0.1, 0.15) is 58.3 Å². The average Bonchev–Trinajstić information content (AvgIpc) is 2.81. The molecule has 1 aliphatic heterocycles. The highest BCUT2D eigenvalue weighted by molar-refractivity contribution is 5.80. The number of aliphatic hydroxyl groups is 1. The fraction of sp³-hybridized carbons (Fsp3) is 0.941. The number of hydrogen-bond donors (Lipinski definition) is 1. The van der Waals surface area contributed by atoms with Gasteiger partial charge in [0.05, 0.1) is 25.4 Å². The highest BCUT2D eigenvalue weighted by Crippen LogP contribution is 2.22. The first kappa shape index (κ1) is 17.7. The molecule has 2 aliphatic rings. The molecule has 22 heavy (non-hydrogen) atoms. The molecule has 1 saturated heterocycles. The fourth-order valence-corrected chi connectivity index (χ4v) is 3.44. The van der Waals surface area contributed by atoms with Crippen LogP contribution in [0.3, 0.4) is 0 Å². The Labute approximate surface area is 134 Å². The summed E-state index contributed by atoms with van der Waals surface area (Å²) in [6.45, 7) is 3.80. The molecule has 128 valence electrons. The first-order valence-corrected chi connectivity index (χ1v) is 8.87. The molecule has 1 atom stereocenters. The third-order valence-corrected chi connectivity index (χ3v) is 4.75. The van der Waals surface area contributed by atoms with Crippen molar-refractivity contribution in [3.8, 4) is 0 Å². The van der Waals surface area contributed by atoms with E-state index in [4.69, 9.17) is 14.6 Å². The maximum Gasteiger partial charge on any atom is 0.251 e. The summed E-state index contributed by atoms with van der Waals surface area (Å²) in [7, 11) is 0. The average molecular weight is 313 g/mol. The topological polar surface area (TPSA) is 59.0 Å².